The number of esters is 1. The van der Waals surface area contributed by atoms with Crippen LogP contribution in [0.5, 0.6) is 0 Å². The number of carbonyl (C=O) groups excluding carboxylic acids is 2. The Labute approximate surface area is 418 Å². The van der Waals surface area contributed by atoms with Crippen molar-refractivity contribution in [1.29, 1.82) is 0 Å². The fraction of sp³-hybridized carbons (Fsp3) is 0.902. The molecular formula is C61H117NO5. The second kappa shape index (κ2) is 56.9. The monoisotopic (exact) mass is 944 g/mol. The Bertz CT molecular complexity index is 1040. The molecule has 2 unspecified atom stereocenters. The lowest BCUT2D eigenvalue weighted by Gasteiger charge is -2.20. The Kier molecular flexibility index (Phi) is 55.5. The van der Waals surface area contributed by atoms with Crippen LogP contribution < -0.4 is 5.32 Å². The smallest absolute Gasteiger partial charge is 0.305 e. The van der Waals surface area contributed by atoms with E-state index >= 15 is 0 Å². The van der Waals surface area contributed by atoms with Gasteiger partial charge in [-0.25, -0.2) is 0 Å². The minimum atomic E-state index is -0.861. The highest BCUT2D eigenvalue weighted by Crippen LogP contribution is 2.17. The first-order chi connectivity index (χ1) is 33.0. The molecule has 0 bridgehead atoms. The molecule has 0 aliphatic heterocycles. The lowest BCUT2D eigenvalue weighted by molar-refractivity contribution is -0.143. The van der Waals surface area contributed by atoms with Crippen molar-refractivity contribution in [3.8, 4) is 0 Å². The molecule has 0 saturated heterocycles. The van der Waals surface area contributed by atoms with Crippen LogP contribution in [0, 0.1) is 0 Å². The van der Waals surface area contributed by atoms with Crippen LogP contribution in [-0.2, 0) is 14.3 Å². The lowest BCUT2D eigenvalue weighted by atomic mass is 10.0. The van der Waals surface area contributed by atoms with Crippen molar-refractivity contribution in [3.05, 3.63) is 24.3 Å². The molecule has 2 atom stereocenters. The van der Waals surface area contributed by atoms with E-state index in [1.165, 1.54) is 225 Å². The molecule has 0 aliphatic rings. The van der Waals surface area contributed by atoms with Gasteiger partial charge in [0.15, 0.2) is 0 Å². The molecular weight excluding hydrogens is 827 g/mol. The quantitative estimate of drug-likeness (QED) is 0.0321. The summed E-state index contributed by atoms with van der Waals surface area (Å²) in [7, 11) is 0. The summed E-state index contributed by atoms with van der Waals surface area (Å²) in [5, 5.41) is 23.2. The number of amides is 1. The molecule has 396 valence electrons. The van der Waals surface area contributed by atoms with Crippen molar-refractivity contribution in [2.24, 2.45) is 0 Å². The van der Waals surface area contributed by atoms with Gasteiger partial charge in [0, 0.05) is 12.8 Å². The van der Waals surface area contributed by atoms with Crippen LogP contribution in [0.15, 0.2) is 24.3 Å². The van der Waals surface area contributed by atoms with Gasteiger partial charge < -0.3 is 20.3 Å². The summed E-state index contributed by atoms with van der Waals surface area (Å²) in [6.07, 6.45) is 69.3. The molecule has 0 aromatic rings. The minimum absolute atomic E-state index is 0.0221. The zero-order valence-electron chi connectivity index (χ0n) is 45.1. The van der Waals surface area contributed by atoms with Gasteiger partial charge >= 0.3 is 5.97 Å². The van der Waals surface area contributed by atoms with Crippen LogP contribution in [0.3, 0.4) is 0 Å². The molecule has 0 aliphatic carbocycles. The van der Waals surface area contributed by atoms with Gasteiger partial charge in [-0.1, -0.05) is 276 Å². The van der Waals surface area contributed by atoms with Crippen LogP contribution in [0.25, 0.3) is 0 Å². The minimum Gasteiger partial charge on any atom is -0.466 e. The van der Waals surface area contributed by atoms with Gasteiger partial charge in [-0.3, -0.25) is 9.59 Å². The highest BCUT2D eigenvalue weighted by Gasteiger charge is 2.18. The van der Waals surface area contributed by atoms with Crippen molar-refractivity contribution < 1.29 is 24.5 Å². The summed E-state index contributed by atoms with van der Waals surface area (Å²) >= 11 is 0. The second-order valence-corrected chi connectivity index (χ2v) is 20.7. The van der Waals surface area contributed by atoms with E-state index in [0.717, 1.165) is 77.0 Å². The van der Waals surface area contributed by atoms with Crippen LogP contribution in [0.1, 0.15) is 328 Å². The van der Waals surface area contributed by atoms with Crippen LogP contribution >= 0.6 is 0 Å². The van der Waals surface area contributed by atoms with E-state index in [4.69, 9.17) is 4.74 Å². The topological polar surface area (TPSA) is 95.9 Å². The first-order valence-corrected chi connectivity index (χ1v) is 30.1. The number of ether oxygens (including phenoxy) is 1. The zero-order valence-corrected chi connectivity index (χ0v) is 45.1. The molecule has 0 heterocycles. The summed E-state index contributed by atoms with van der Waals surface area (Å²) in [5.41, 5.74) is 0. The van der Waals surface area contributed by atoms with Gasteiger partial charge in [0.1, 0.15) is 0 Å². The van der Waals surface area contributed by atoms with Gasteiger partial charge in [-0.15, -0.1) is 0 Å². The SMILES string of the molecule is CCCCCCCCCCCCCCCCCCCCCCCCC/C=C/C(O)C(CO)NC(=O)CCCCCCC/C=C\CCCCCOC(=O)CCCCCCCCCCCCCCC. The van der Waals surface area contributed by atoms with Crippen molar-refractivity contribution in [2.75, 3.05) is 13.2 Å². The zero-order chi connectivity index (χ0) is 48.6. The fourth-order valence-electron chi connectivity index (χ4n) is 9.34. The third kappa shape index (κ3) is 53.5. The van der Waals surface area contributed by atoms with Crippen molar-refractivity contribution in [3.63, 3.8) is 0 Å². The Balaban J connectivity index is 3.51. The number of aliphatic hydroxyl groups excluding tert-OH is 2. The van der Waals surface area contributed by atoms with E-state index in [9.17, 15) is 19.8 Å². The summed E-state index contributed by atoms with van der Waals surface area (Å²) in [4.78, 5) is 24.5. The fourth-order valence-corrected chi connectivity index (χ4v) is 9.34. The predicted octanol–water partition coefficient (Wildman–Crippen LogP) is 18.6. The van der Waals surface area contributed by atoms with E-state index in [0.29, 0.717) is 19.4 Å². The highest BCUT2D eigenvalue weighted by molar-refractivity contribution is 5.76. The van der Waals surface area contributed by atoms with Gasteiger partial charge in [-0.2, -0.15) is 0 Å². The van der Waals surface area contributed by atoms with Crippen LogP contribution in [0.4, 0.5) is 0 Å². The molecule has 1 amide bonds. The molecule has 3 N–H and O–H groups in total. The van der Waals surface area contributed by atoms with E-state index in [2.05, 4.69) is 31.3 Å². The van der Waals surface area contributed by atoms with Crippen molar-refractivity contribution >= 4 is 11.9 Å². The van der Waals surface area contributed by atoms with E-state index < -0.39 is 12.1 Å². The van der Waals surface area contributed by atoms with Gasteiger partial charge in [0.05, 0.1) is 25.4 Å². The summed E-state index contributed by atoms with van der Waals surface area (Å²) < 4.78 is 5.45. The molecule has 0 radical (unpaired) electrons. The summed E-state index contributed by atoms with van der Waals surface area (Å²) in [6.45, 7) is 4.87. The maximum atomic E-state index is 12.5. The number of rotatable bonds is 56. The maximum Gasteiger partial charge on any atom is 0.305 e. The summed E-state index contributed by atoms with van der Waals surface area (Å²) in [5.74, 6) is -0.112. The number of unbranched alkanes of at least 4 members (excludes halogenated alkanes) is 43. The standard InChI is InChI=1S/C61H117NO5/c1-3-5-7-9-11-13-15-17-18-19-20-21-22-23-24-25-26-27-28-30-33-37-41-45-49-53-59(64)58(57-63)62-60(65)54-50-46-42-38-34-31-32-36-40-44-48-52-56-67-61(66)55-51-47-43-39-35-29-16-14-12-10-8-6-4-2/h32,36,49,53,58-59,63-64H,3-31,33-35,37-48,50-52,54-57H2,1-2H3,(H,62,65)/b36-32-,53-49+. The molecule has 0 fully saturated rings. The first-order valence-electron chi connectivity index (χ1n) is 30.1. The van der Waals surface area contributed by atoms with E-state index in [-0.39, 0.29) is 18.5 Å². The average molecular weight is 945 g/mol. The van der Waals surface area contributed by atoms with E-state index in [1.807, 2.05) is 6.08 Å². The number of carbonyl (C=O) groups is 2. The molecule has 0 aromatic heterocycles. The average Bonchev–Trinajstić information content (AvgIpc) is 3.33. The molecule has 0 saturated carbocycles. The van der Waals surface area contributed by atoms with Gasteiger partial charge in [0.25, 0.3) is 0 Å². The number of aliphatic hydroxyl groups is 2. The largest absolute Gasteiger partial charge is 0.466 e. The molecule has 6 nitrogen and oxygen atoms in total. The molecule has 0 aromatic carbocycles. The maximum absolute atomic E-state index is 12.5. The number of hydrogen-bond acceptors (Lipinski definition) is 5. The normalized spacial score (nSPS) is 12.7. The van der Waals surface area contributed by atoms with Gasteiger partial charge in [0.2, 0.25) is 5.91 Å². The van der Waals surface area contributed by atoms with E-state index in [1.54, 1.807) is 6.08 Å². The number of hydrogen-bond donors (Lipinski definition) is 3. The Hall–Kier alpha value is -1.66. The molecule has 6 heteroatoms. The number of nitrogens with one attached hydrogen (secondary N) is 1. The lowest BCUT2D eigenvalue weighted by Crippen LogP contribution is -2.45. The van der Waals surface area contributed by atoms with Crippen molar-refractivity contribution in [1.82, 2.24) is 5.32 Å². The Morgan fingerprint density at radius 1 is 0.403 bits per heavy atom. The summed E-state index contributed by atoms with van der Waals surface area (Å²) in [6, 6.07) is -0.647. The number of allylic oxidation sites excluding steroid dienone is 3. The molecule has 0 spiro atoms. The third-order valence-electron chi connectivity index (χ3n) is 14.0. The molecule has 67 heavy (non-hydrogen) atoms. The van der Waals surface area contributed by atoms with Crippen LogP contribution in [-0.4, -0.2) is 47.4 Å². The van der Waals surface area contributed by atoms with Crippen molar-refractivity contribution in [2.45, 2.75) is 341 Å². The second-order valence-electron chi connectivity index (χ2n) is 20.7. The highest BCUT2D eigenvalue weighted by atomic mass is 16.5. The van der Waals surface area contributed by atoms with Gasteiger partial charge in [-0.05, 0) is 64.2 Å². The Morgan fingerprint density at radius 3 is 1.06 bits per heavy atom. The predicted molar refractivity (Wildman–Crippen MR) is 292 cm³/mol. The third-order valence-corrected chi connectivity index (χ3v) is 14.0. The Morgan fingerprint density at radius 2 is 0.701 bits per heavy atom. The first kappa shape index (κ1) is 65.3. The molecule has 0 rings (SSSR count). The van der Waals surface area contributed by atoms with Crippen LogP contribution in [0.2, 0.25) is 0 Å².